The molecular weight excluding hydrogens is 745 g/mol. The van der Waals surface area contributed by atoms with Gasteiger partial charge in [-0.3, -0.25) is 24.0 Å². The fourth-order valence-corrected chi connectivity index (χ4v) is 10.8. The van der Waals surface area contributed by atoms with Crippen molar-refractivity contribution in [1.29, 1.82) is 0 Å². The Bertz CT molecular complexity index is 2040. The number of Topliss-reactive ketones (excluding diaryl/α,β-unsaturated/α-hetero) is 1. The molecule has 4 saturated carbocycles. The Morgan fingerprint density at radius 3 is 2.22 bits per heavy atom. The number of fused-ring (bicyclic) bond motifs is 1. The third-order valence-corrected chi connectivity index (χ3v) is 12.9. The molecule has 7 N–H and O–H groups in total. The van der Waals surface area contributed by atoms with Crippen LogP contribution in [0.25, 0.3) is 10.8 Å². The number of ketones is 1. The number of unbranched alkanes of at least 4 members (excludes halogenated alkanes) is 1. The lowest BCUT2D eigenvalue weighted by molar-refractivity contribution is -0.143. The number of hydrogen-bond donors (Lipinski definition) is 6. The molecule has 4 aliphatic carbocycles. The summed E-state index contributed by atoms with van der Waals surface area (Å²) >= 11 is 0. The summed E-state index contributed by atoms with van der Waals surface area (Å²) in [6, 6.07) is 9.03. The summed E-state index contributed by atoms with van der Waals surface area (Å²) < 4.78 is 1.51. The van der Waals surface area contributed by atoms with E-state index in [2.05, 4.69) is 26.3 Å². The van der Waals surface area contributed by atoms with E-state index in [1.165, 1.54) is 35.0 Å². The number of nitrogens with one attached hydrogen (secondary N) is 3. The van der Waals surface area contributed by atoms with Gasteiger partial charge in [0.2, 0.25) is 17.6 Å². The molecule has 3 aromatic rings. The van der Waals surface area contributed by atoms with Gasteiger partial charge in [-0.05, 0) is 124 Å². The zero-order chi connectivity index (χ0) is 41.4. The quantitative estimate of drug-likeness (QED) is 0.0914. The van der Waals surface area contributed by atoms with E-state index in [4.69, 9.17) is 10.8 Å². The molecular formula is C42H54N8O8. The van der Waals surface area contributed by atoms with Crippen LogP contribution in [0.4, 0.5) is 4.79 Å². The lowest BCUT2D eigenvalue weighted by Crippen LogP contribution is -2.58. The third kappa shape index (κ3) is 8.86. The van der Waals surface area contributed by atoms with E-state index < -0.39 is 65.3 Å². The normalized spacial score (nSPS) is 25.9. The lowest BCUT2D eigenvalue weighted by Gasteiger charge is -2.57. The molecule has 1 aliphatic heterocycles. The van der Waals surface area contributed by atoms with Gasteiger partial charge in [0.1, 0.15) is 17.7 Å². The fraction of sp³-hybridized carbons (Fsp3) is 0.571. The molecule has 1 saturated heterocycles. The van der Waals surface area contributed by atoms with Crippen molar-refractivity contribution in [3.8, 4) is 0 Å². The molecule has 58 heavy (non-hydrogen) atoms. The summed E-state index contributed by atoms with van der Waals surface area (Å²) in [6.45, 7) is 3.26. The van der Waals surface area contributed by atoms with Gasteiger partial charge in [0.15, 0.2) is 0 Å². The Kier molecular flexibility index (Phi) is 11.6. The first-order valence-corrected chi connectivity index (χ1v) is 20.4. The van der Waals surface area contributed by atoms with Crippen molar-refractivity contribution in [2.75, 3.05) is 13.1 Å². The number of likely N-dealkylation sites (tertiary alicyclic amines) is 1. The first-order valence-electron chi connectivity index (χ1n) is 20.4. The monoisotopic (exact) mass is 798 g/mol. The maximum absolute atomic E-state index is 15.2. The second kappa shape index (κ2) is 16.5. The smallest absolute Gasteiger partial charge is 0.404 e. The molecule has 0 radical (unpaired) electrons. The van der Waals surface area contributed by atoms with Gasteiger partial charge in [0, 0.05) is 25.1 Å². The second-order valence-corrected chi connectivity index (χ2v) is 17.7. The van der Waals surface area contributed by atoms with Gasteiger partial charge >= 0.3 is 6.09 Å². The number of carboxylic acid groups (broad SMARTS) is 1. The summed E-state index contributed by atoms with van der Waals surface area (Å²) in [7, 11) is 0. The number of hydrogen-bond acceptors (Lipinski definition) is 9. The molecule has 5 fully saturated rings. The topological polar surface area (TPSA) is 239 Å². The highest BCUT2D eigenvalue weighted by Crippen LogP contribution is 2.61. The van der Waals surface area contributed by atoms with E-state index in [1.807, 2.05) is 30.3 Å². The van der Waals surface area contributed by atoms with Gasteiger partial charge in [-0.15, -0.1) is 5.10 Å². The minimum Gasteiger partial charge on any atom is -0.465 e. The molecule has 2 unspecified atom stereocenters. The number of nitrogens with two attached hydrogens (primary N) is 1. The molecule has 8 rings (SSSR count). The number of primary amides is 1. The Balaban J connectivity index is 1.20. The zero-order valence-corrected chi connectivity index (χ0v) is 33.1. The van der Waals surface area contributed by atoms with Crippen LogP contribution in [0.15, 0.2) is 48.7 Å². The van der Waals surface area contributed by atoms with Crippen molar-refractivity contribution in [3.63, 3.8) is 0 Å². The summed E-state index contributed by atoms with van der Waals surface area (Å²) in [6.07, 6.45) is 7.81. The molecule has 16 nitrogen and oxygen atoms in total. The van der Waals surface area contributed by atoms with Gasteiger partial charge in [-0.1, -0.05) is 35.5 Å². The van der Waals surface area contributed by atoms with Crippen LogP contribution in [-0.4, -0.2) is 96.8 Å². The first kappa shape index (κ1) is 40.8. The largest absolute Gasteiger partial charge is 0.465 e. The van der Waals surface area contributed by atoms with Gasteiger partial charge < -0.3 is 36.8 Å². The molecule has 16 heteroatoms. The van der Waals surface area contributed by atoms with Crippen molar-refractivity contribution < 1.29 is 39.0 Å². The molecule has 5 aliphatic rings. The molecule has 0 spiro atoms. The number of benzene rings is 2. The van der Waals surface area contributed by atoms with Crippen molar-refractivity contribution in [2.45, 2.75) is 114 Å². The third-order valence-electron chi connectivity index (χ3n) is 12.9. The highest BCUT2D eigenvalue weighted by Gasteiger charge is 2.53. The van der Waals surface area contributed by atoms with Crippen LogP contribution in [0.3, 0.4) is 0 Å². The predicted molar refractivity (Wildman–Crippen MR) is 211 cm³/mol. The standard InChI is InChI=1S/C42H54N8O8/c1-41(2,58)34-22-45-48-50(34)30-17-33(38(54)46-31(35(51)36(43)52)9-5-6-12-44-40(56)57)49(23-30)39(55)32(21-42-18-24-13-25(19-42)15-26(14-24)20-42)47-37(53)29-11-10-27-7-3-4-8-28(27)16-29/h3-4,7-8,10-11,16,22,24-26,30-33,44,58H,5-6,9,12-15,17-21,23H2,1-2H3,(H2,43,52)(H,46,54)(H,47,53)(H,56,57)/t24-,25-,26-,30-,31?,32?,33-,42?/m0/s1. The SMILES string of the molecule is CC(C)(O)c1cnnn1[C@H]1C[C@@H](C(=O)NC(CCCCNC(=O)O)C(=O)C(N)=O)N(C(=O)C(CC23C[C@H]4C[C@H](C2)C[C@@H](C3)C4)NC(=O)c2ccc3ccccc3c2)C1. The summed E-state index contributed by atoms with van der Waals surface area (Å²) in [5.41, 5.74) is 4.66. The Labute approximate surface area is 336 Å². The van der Waals surface area contributed by atoms with E-state index in [-0.39, 0.29) is 37.8 Å². The summed E-state index contributed by atoms with van der Waals surface area (Å²) in [5.74, 6) is -2.06. The highest BCUT2D eigenvalue weighted by atomic mass is 16.4. The van der Waals surface area contributed by atoms with Crippen LogP contribution in [-0.2, 0) is 24.8 Å². The average molecular weight is 799 g/mol. The molecule has 4 bridgehead atoms. The van der Waals surface area contributed by atoms with Gasteiger partial charge in [-0.2, -0.15) is 0 Å². The van der Waals surface area contributed by atoms with Crippen molar-refractivity contribution >= 4 is 46.3 Å². The minimum atomic E-state index is -1.36. The Hall–Kier alpha value is -5.38. The molecule has 2 heterocycles. The van der Waals surface area contributed by atoms with Gasteiger partial charge in [-0.25, -0.2) is 9.48 Å². The number of carbonyl (C=O) groups is 6. The van der Waals surface area contributed by atoms with E-state index in [0.29, 0.717) is 41.9 Å². The van der Waals surface area contributed by atoms with E-state index in [0.717, 1.165) is 30.0 Å². The van der Waals surface area contributed by atoms with E-state index in [1.54, 1.807) is 26.0 Å². The fourth-order valence-electron chi connectivity index (χ4n) is 10.8. The maximum Gasteiger partial charge on any atom is 0.404 e. The van der Waals surface area contributed by atoms with Crippen LogP contribution >= 0.6 is 0 Å². The van der Waals surface area contributed by atoms with Crippen LogP contribution in [0, 0.1) is 23.2 Å². The number of aliphatic hydroxyl groups is 1. The number of rotatable bonds is 16. The van der Waals surface area contributed by atoms with Crippen molar-refractivity contribution in [3.05, 3.63) is 59.9 Å². The van der Waals surface area contributed by atoms with Crippen molar-refractivity contribution in [1.82, 2.24) is 35.8 Å². The lowest BCUT2D eigenvalue weighted by atomic mass is 9.48. The Morgan fingerprint density at radius 1 is 0.914 bits per heavy atom. The first-order chi connectivity index (χ1) is 27.6. The van der Waals surface area contributed by atoms with E-state index >= 15 is 4.79 Å². The average Bonchev–Trinajstić information content (AvgIpc) is 3.84. The Morgan fingerprint density at radius 2 is 1.59 bits per heavy atom. The molecule has 1 aromatic heterocycles. The number of nitrogens with zero attached hydrogens (tertiary/aromatic N) is 4. The predicted octanol–water partition coefficient (Wildman–Crippen LogP) is 3.18. The minimum absolute atomic E-state index is 0.00128. The summed E-state index contributed by atoms with van der Waals surface area (Å²) in [4.78, 5) is 81.2. The van der Waals surface area contributed by atoms with Crippen LogP contribution in [0.2, 0.25) is 0 Å². The van der Waals surface area contributed by atoms with Crippen LogP contribution in [0.1, 0.15) is 107 Å². The molecule has 310 valence electrons. The van der Waals surface area contributed by atoms with Crippen LogP contribution in [0.5, 0.6) is 0 Å². The maximum atomic E-state index is 15.2. The van der Waals surface area contributed by atoms with E-state index in [9.17, 15) is 29.1 Å². The number of carbonyl (C=O) groups excluding carboxylic acids is 5. The number of aromatic nitrogens is 3. The zero-order valence-electron chi connectivity index (χ0n) is 33.1. The van der Waals surface area contributed by atoms with Gasteiger partial charge in [0.25, 0.3) is 11.8 Å². The molecule has 2 aromatic carbocycles. The molecule has 5 amide bonds. The highest BCUT2D eigenvalue weighted by molar-refractivity contribution is 6.37. The second-order valence-electron chi connectivity index (χ2n) is 17.7. The summed E-state index contributed by atoms with van der Waals surface area (Å²) in [5, 5.41) is 38.1. The van der Waals surface area contributed by atoms with Crippen molar-refractivity contribution in [2.24, 2.45) is 28.9 Å². The van der Waals surface area contributed by atoms with Gasteiger partial charge in [0.05, 0.1) is 24.0 Å². The van der Waals surface area contributed by atoms with Crippen LogP contribution < -0.4 is 21.7 Å². The molecule has 4 atom stereocenters. The number of amides is 5.